The van der Waals surface area contributed by atoms with Crippen LogP contribution in [0.15, 0.2) is 30.0 Å². The van der Waals surface area contributed by atoms with Gasteiger partial charge in [-0.3, -0.25) is 9.78 Å². The molecule has 5 rings (SSSR count). The van der Waals surface area contributed by atoms with E-state index in [-0.39, 0.29) is 41.5 Å². The summed E-state index contributed by atoms with van der Waals surface area (Å²) in [5.41, 5.74) is 7.88. The highest BCUT2D eigenvalue weighted by molar-refractivity contribution is 6.26. The molecule has 0 amide bonds. The number of carbonyl (C=O) groups excluding carboxylic acids is 1. The minimum absolute atomic E-state index is 0.0515. The quantitative estimate of drug-likeness (QED) is 0.811. The van der Waals surface area contributed by atoms with Gasteiger partial charge in [-0.05, 0) is 75.4 Å². The van der Waals surface area contributed by atoms with Gasteiger partial charge < -0.3 is 9.84 Å². The molecule has 0 unspecified atom stereocenters. The van der Waals surface area contributed by atoms with Gasteiger partial charge >= 0.3 is 0 Å². The number of Topliss-reactive ketones (excluding diaryl/α,β-unsaturated/α-hetero) is 1. The molecule has 0 radical (unpaired) electrons. The lowest BCUT2D eigenvalue weighted by Crippen LogP contribution is -2.33. The van der Waals surface area contributed by atoms with Crippen LogP contribution in [0.1, 0.15) is 51.5 Å². The van der Waals surface area contributed by atoms with E-state index in [0.29, 0.717) is 5.57 Å². The summed E-state index contributed by atoms with van der Waals surface area (Å²) in [6.45, 7) is 10.1. The average molecular weight is 389 g/mol. The first-order valence-corrected chi connectivity index (χ1v) is 10.4. The van der Waals surface area contributed by atoms with Crippen LogP contribution in [0.4, 0.5) is 0 Å². The first-order chi connectivity index (χ1) is 13.8. The van der Waals surface area contributed by atoms with Gasteiger partial charge in [0.05, 0.1) is 29.6 Å². The smallest absolute Gasteiger partial charge is 0.173 e. The molecule has 150 valence electrons. The minimum atomic E-state index is -0.254. The maximum Gasteiger partial charge on any atom is 0.173 e. The van der Waals surface area contributed by atoms with Gasteiger partial charge in [-0.2, -0.15) is 0 Å². The Morgan fingerprint density at radius 2 is 1.59 bits per heavy atom. The minimum Gasteiger partial charge on any atom is -0.511 e. The summed E-state index contributed by atoms with van der Waals surface area (Å²) < 4.78 is 6.26. The molecule has 2 saturated heterocycles. The Morgan fingerprint density at radius 1 is 0.966 bits per heavy atom. The summed E-state index contributed by atoms with van der Waals surface area (Å²) in [6.07, 6.45) is 0.549. The first-order valence-electron chi connectivity index (χ1n) is 10.4. The normalized spacial score (nSPS) is 30.4. The third-order valence-corrected chi connectivity index (χ3v) is 6.94. The van der Waals surface area contributed by atoms with E-state index < -0.39 is 0 Å². The number of aliphatic hydroxyl groups excluding tert-OH is 1. The van der Waals surface area contributed by atoms with E-state index in [4.69, 9.17) is 4.74 Å². The summed E-state index contributed by atoms with van der Waals surface area (Å²) in [4.78, 5) is 17.9. The van der Waals surface area contributed by atoms with Crippen molar-refractivity contribution in [2.75, 3.05) is 0 Å². The summed E-state index contributed by atoms with van der Waals surface area (Å²) in [5, 5.41) is 11.3. The number of benzene rings is 1. The van der Waals surface area contributed by atoms with Gasteiger partial charge in [-0.1, -0.05) is 17.7 Å². The molecule has 1 aromatic heterocycles. The molecule has 1 aromatic carbocycles. The van der Waals surface area contributed by atoms with E-state index in [9.17, 15) is 9.90 Å². The number of hydrogen-bond acceptors (Lipinski definition) is 4. The first kappa shape index (κ1) is 18.6. The van der Waals surface area contributed by atoms with Gasteiger partial charge in [0.25, 0.3) is 0 Å². The third kappa shape index (κ3) is 2.62. The van der Waals surface area contributed by atoms with Crippen molar-refractivity contribution in [1.82, 2.24) is 4.98 Å². The Morgan fingerprint density at radius 3 is 2.21 bits per heavy atom. The van der Waals surface area contributed by atoms with Crippen molar-refractivity contribution in [2.24, 2.45) is 11.8 Å². The Bertz CT molecular complexity index is 1040. The summed E-state index contributed by atoms with van der Waals surface area (Å²) in [6, 6.07) is 8.40. The van der Waals surface area contributed by atoms with Gasteiger partial charge in [0.2, 0.25) is 0 Å². The molecule has 0 spiro atoms. The highest BCUT2D eigenvalue weighted by atomic mass is 16.5. The molecular formula is C25H27NO3. The molecule has 5 atom stereocenters. The number of nitrogens with zero attached hydrogens (tertiary/aromatic N) is 1. The van der Waals surface area contributed by atoms with E-state index in [1.807, 2.05) is 27.7 Å². The van der Waals surface area contributed by atoms with Crippen LogP contribution in [0.2, 0.25) is 0 Å². The fourth-order valence-electron chi connectivity index (χ4n) is 6.09. The molecule has 3 heterocycles. The number of allylic oxidation sites excluding steroid dienone is 1. The molecule has 3 aliphatic rings. The number of aryl methyl sites for hydroxylation is 5. The number of pyridine rings is 1. The van der Waals surface area contributed by atoms with Crippen LogP contribution in [-0.2, 0) is 9.53 Å². The zero-order chi connectivity index (χ0) is 20.6. The number of aliphatic hydroxyl groups is 1. The van der Waals surface area contributed by atoms with Crippen molar-refractivity contribution in [1.29, 1.82) is 0 Å². The van der Waals surface area contributed by atoms with Crippen LogP contribution in [0.3, 0.4) is 0 Å². The Balaban J connectivity index is 1.58. The molecule has 2 bridgehead atoms. The van der Waals surface area contributed by atoms with Crippen LogP contribution in [0, 0.1) is 46.5 Å². The van der Waals surface area contributed by atoms with Gasteiger partial charge in [-0.25, -0.2) is 0 Å². The molecule has 0 saturated carbocycles. The van der Waals surface area contributed by atoms with Gasteiger partial charge in [-0.15, -0.1) is 0 Å². The van der Waals surface area contributed by atoms with Crippen LogP contribution < -0.4 is 0 Å². The standard InChI is InChI=1S/C25H27NO3/c1-11-6-12(2)19(13(3)7-11)21-23(27)20-18-10-17(25(29-18)22(20)24(21)28)16-8-14(4)26-15(5)9-16/h6-9,17-18,20,22,25,28H,10H2,1-5H3/t17-,18-,20-,22+,25+/m0/s1. The number of ether oxygens (including phenoxy) is 1. The zero-order valence-electron chi connectivity index (χ0n) is 17.6. The maximum absolute atomic E-state index is 13.4. The van der Waals surface area contributed by atoms with E-state index in [1.54, 1.807) is 0 Å². The highest BCUT2D eigenvalue weighted by Crippen LogP contribution is 2.58. The van der Waals surface area contributed by atoms with Gasteiger partial charge in [0.1, 0.15) is 5.76 Å². The van der Waals surface area contributed by atoms with Gasteiger partial charge in [0.15, 0.2) is 5.78 Å². The Kier molecular flexibility index (Phi) is 4.01. The molecular weight excluding hydrogens is 362 g/mol. The summed E-state index contributed by atoms with van der Waals surface area (Å²) in [7, 11) is 0. The second kappa shape index (κ2) is 6.27. The molecule has 4 heteroatoms. The number of ketones is 1. The monoisotopic (exact) mass is 389 g/mol. The van der Waals surface area contributed by atoms with Crippen molar-refractivity contribution < 1.29 is 14.6 Å². The van der Waals surface area contributed by atoms with Crippen molar-refractivity contribution >= 4 is 11.4 Å². The fourth-order valence-corrected chi connectivity index (χ4v) is 6.09. The number of hydrogen-bond donors (Lipinski definition) is 1. The zero-order valence-corrected chi connectivity index (χ0v) is 17.6. The lowest BCUT2D eigenvalue weighted by molar-refractivity contribution is -0.118. The number of fused-ring (bicyclic) bond motifs is 5. The van der Waals surface area contributed by atoms with E-state index >= 15 is 0 Å². The largest absolute Gasteiger partial charge is 0.511 e. The van der Waals surface area contributed by atoms with Crippen molar-refractivity contribution in [3.05, 3.63) is 69.2 Å². The third-order valence-electron chi connectivity index (χ3n) is 6.94. The Labute approximate surface area is 171 Å². The highest BCUT2D eigenvalue weighted by Gasteiger charge is 2.62. The van der Waals surface area contributed by atoms with Crippen LogP contribution >= 0.6 is 0 Å². The average Bonchev–Trinajstić information content (AvgIpc) is 3.27. The SMILES string of the molecule is Cc1cc(C)c(C2=C(O)[C@@H]3[C@@H]4O[C@@H](C[C@H]4c4cc(C)nc(C)c4)[C@@H]3C2=O)c(C)c1. The number of rotatable bonds is 2. The molecule has 1 N–H and O–H groups in total. The second-order valence-electron chi connectivity index (χ2n) is 9.11. The maximum atomic E-state index is 13.4. The molecule has 4 nitrogen and oxygen atoms in total. The van der Waals surface area contributed by atoms with E-state index in [0.717, 1.165) is 34.5 Å². The van der Waals surface area contributed by atoms with Crippen LogP contribution in [0.5, 0.6) is 0 Å². The molecule has 2 aliphatic heterocycles. The van der Waals surface area contributed by atoms with E-state index in [1.165, 1.54) is 11.1 Å². The van der Waals surface area contributed by atoms with Crippen LogP contribution in [0.25, 0.3) is 5.57 Å². The summed E-state index contributed by atoms with van der Waals surface area (Å²) in [5.74, 6) is -0.0213. The van der Waals surface area contributed by atoms with Crippen molar-refractivity contribution in [3.8, 4) is 0 Å². The van der Waals surface area contributed by atoms with Crippen molar-refractivity contribution in [2.45, 2.75) is 59.2 Å². The predicted molar refractivity (Wildman–Crippen MR) is 112 cm³/mol. The molecule has 1 aliphatic carbocycles. The second-order valence-corrected chi connectivity index (χ2v) is 9.11. The molecule has 2 aromatic rings. The molecule has 2 fully saturated rings. The molecule has 29 heavy (non-hydrogen) atoms. The van der Waals surface area contributed by atoms with E-state index in [2.05, 4.69) is 36.2 Å². The van der Waals surface area contributed by atoms with Gasteiger partial charge in [0, 0.05) is 17.3 Å². The van der Waals surface area contributed by atoms with Crippen molar-refractivity contribution in [3.63, 3.8) is 0 Å². The van der Waals surface area contributed by atoms with Crippen LogP contribution in [-0.4, -0.2) is 28.1 Å². The predicted octanol–water partition coefficient (Wildman–Crippen LogP) is 4.66. The number of carbonyl (C=O) groups is 1. The Hall–Kier alpha value is -2.46. The summed E-state index contributed by atoms with van der Waals surface area (Å²) >= 11 is 0. The number of aromatic nitrogens is 1. The lowest BCUT2D eigenvalue weighted by atomic mass is 9.72. The fraction of sp³-hybridized carbons (Fsp3) is 0.440. The topological polar surface area (TPSA) is 59.4 Å². The lowest BCUT2D eigenvalue weighted by Gasteiger charge is -2.28.